The zero-order valence-corrected chi connectivity index (χ0v) is 12.9. The first kappa shape index (κ1) is 14.7. The van der Waals surface area contributed by atoms with Crippen molar-refractivity contribution in [3.8, 4) is 0 Å². The number of sulfonamides is 1. The number of anilines is 1. The molecule has 2 fully saturated rings. The molecular weight excluding hydrogens is 290 g/mol. The van der Waals surface area contributed by atoms with Gasteiger partial charge in [-0.15, -0.1) is 0 Å². The summed E-state index contributed by atoms with van der Waals surface area (Å²) in [5.41, 5.74) is 0. The molecular formula is C14H21N3O3S. The van der Waals surface area contributed by atoms with Crippen LogP contribution in [0.25, 0.3) is 0 Å². The van der Waals surface area contributed by atoms with Crippen LogP contribution < -0.4 is 9.62 Å². The molecule has 0 radical (unpaired) electrons. The van der Waals surface area contributed by atoms with Gasteiger partial charge in [0, 0.05) is 31.7 Å². The average molecular weight is 311 g/mol. The van der Waals surface area contributed by atoms with Gasteiger partial charge in [0.05, 0.1) is 19.0 Å². The molecule has 0 saturated carbocycles. The summed E-state index contributed by atoms with van der Waals surface area (Å²) in [6.07, 6.45) is 4.00. The van der Waals surface area contributed by atoms with Gasteiger partial charge in [-0.3, -0.25) is 0 Å². The zero-order chi connectivity index (χ0) is 14.9. The molecule has 0 aliphatic carbocycles. The number of hydrogen-bond acceptors (Lipinski definition) is 5. The minimum atomic E-state index is -3.17. The van der Waals surface area contributed by atoms with Crippen LogP contribution in [0.4, 0.5) is 5.82 Å². The molecule has 3 rings (SSSR count). The van der Waals surface area contributed by atoms with Gasteiger partial charge in [0.15, 0.2) is 0 Å². The van der Waals surface area contributed by atoms with E-state index >= 15 is 0 Å². The highest BCUT2D eigenvalue weighted by Crippen LogP contribution is 2.35. The summed E-state index contributed by atoms with van der Waals surface area (Å²) in [7, 11) is -3.17. The number of nitrogens with one attached hydrogen (secondary N) is 1. The molecule has 3 atom stereocenters. The largest absolute Gasteiger partial charge is 0.376 e. The maximum Gasteiger partial charge on any atom is 0.208 e. The average Bonchev–Trinajstić information content (AvgIpc) is 2.87. The lowest BCUT2D eigenvalue weighted by Crippen LogP contribution is -2.45. The zero-order valence-electron chi connectivity index (χ0n) is 12.1. The third-order valence-electron chi connectivity index (χ3n) is 4.33. The van der Waals surface area contributed by atoms with Crippen LogP contribution in [0, 0.1) is 11.8 Å². The normalized spacial score (nSPS) is 29.4. The number of aromatic nitrogens is 1. The first-order valence-corrected chi connectivity index (χ1v) is 9.14. The van der Waals surface area contributed by atoms with E-state index in [1.807, 2.05) is 18.2 Å². The van der Waals surface area contributed by atoms with Gasteiger partial charge in [-0.1, -0.05) is 6.07 Å². The maximum absolute atomic E-state index is 11.2. The van der Waals surface area contributed by atoms with Gasteiger partial charge in [0.1, 0.15) is 5.82 Å². The standard InChI is InChI=1S/C14H21N3O3S/c1-21(18,19)16-8-13-12-9-17(7-5-11(12)10-20-13)14-4-2-3-6-15-14/h2-4,6,11-13,16H,5,7-10H2,1H3/t11-,12+,13-/m0/s1. The molecule has 7 heteroatoms. The Bertz CT molecular complexity index is 578. The molecule has 2 aliphatic heterocycles. The van der Waals surface area contributed by atoms with Crippen LogP contribution in [0.15, 0.2) is 24.4 Å². The summed E-state index contributed by atoms with van der Waals surface area (Å²) >= 11 is 0. The molecule has 6 nitrogen and oxygen atoms in total. The van der Waals surface area contributed by atoms with E-state index in [0.29, 0.717) is 18.4 Å². The quantitative estimate of drug-likeness (QED) is 0.875. The molecule has 1 aromatic heterocycles. The van der Waals surface area contributed by atoms with Crippen molar-refractivity contribution in [3.63, 3.8) is 0 Å². The van der Waals surface area contributed by atoms with E-state index in [9.17, 15) is 8.42 Å². The van der Waals surface area contributed by atoms with E-state index in [2.05, 4.69) is 14.6 Å². The number of nitrogens with zero attached hydrogens (tertiary/aromatic N) is 2. The second-order valence-electron chi connectivity index (χ2n) is 5.84. The van der Waals surface area contributed by atoms with E-state index in [-0.39, 0.29) is 6.10 Å². The van der Waals surface area contributed by atoms with Gasteiger partial charge >= 0.3 is 0 Å². The van der Waals surface area contributed by atoms with Crippen LogP contribution >= 0.6 is 0 Å². The third-order valence-corrected chi connectivity index (χ3v) is 5.02. The molecule has 21 heavy (non-hydrogen) atoms. The molecule has 2 aliphatic rings. The van der Waals surface area contributed by atoms with Gasteiger partial charge < -0.3 is 9.64 Å². The van der Waals surface area contributed by atoms with Crippen molar-refractivity contribution in [1.29, 1.82) is 0 Å². The van der Waals surface area contributed by atoms with E-state index in [1.165, 1.54) is 6.26 Å². The summed E-state index contributed by atoms with van der Waals surface area (Å²) in [4.78, 5) is 6.67. The van der Waals surface area contributed by atoms with Crippen molar-refractivity contribution in [2.24, 2.45) is 11.8 Å². The van der Waals surface area contributed by atoms with Crippen LogP contribution in [-0.2, 0) is 14.8 Å². The molecule has 1 N–H and O–H groups in total. The van der Waals surface area contributed by atoms with Crippen molar-refractivity contribution in [2.45, 2.75) is 12.5 Å². The lowest BCUT2D eigenvalue weighted by molar-refractivity contribution is 0.0954. The minimum Gasteiger partial charge on any atom is -0.376 e. The van der Waals surface area contributed by atoms with E-state index in [1.54, 1.807) is 6.20 Å². The highest BCUT2D eigenvalue weighted by Gasteiger charge is 2.41. The number of hydrogen-bond donors (Lipinski definition) is 1. The smallest absolute Gasteiger partial charge is 0.208 e. The number of pyridine rings is 1. The Morgan fingerprint density at radius 2 is 2.33 bits per heavy atom. The van der Waals surface area contributed by atoms with Gasteiger partial charge in [-0.05, 0) is 24.5 Å². The number of piperidine rings is 1. The Morgan fingerprint density at radius 3 is 3.05 bits per heavy atom. The molecule has 3 heterocycles. The van der Waals surface area contributed by atoms with Gasteiger partial charge in [0.25, 0.3) is 0 Å². The molecule has 0 spiro atoms. The fourth-order valence-electron chi connectivity index (χ4n) is 3.22. The molecule has 116 valence electrons. The SMILES string of the molecule is CS(=O)(=O)NC[C@@H]1OC[C@@H]2CCN(c3ccccn3)C[C@H]21. The van der Waals surface area contributed by atoms with Crippen LogP contribution in [0.1, 0.15) is 6.42 Å². The first-order chi connectivity index (χ1) is 10.0. The predicted molar refractivity (Wildman–Crippen MR) is 80.6 cm³/mol. The van der Waals surface area contributed by atoms with Crippen LogP contribution in [0.5, 0.6) is 0 Å². The molecule has 0 unspecified atom stereocenters. The van der Waals surface area contributed by atoms with Crippen molar-refractivity contribution in [2.75, 3.05) is 37.4 Å². The topological polar surface area (TPSA) is 71.5 Å². The van der Waals surface area contributed by atoms with E-state index in [4.69, 9.17) is 4.74 Å². The molecule has 1 aromatic rings. The van der Waals surface area contributed by atoms with Gasteiger partial charge in [0.2, 0.25) is 10.0 Å². The van der Waals surface area contributed by atoms with Gasteiger partial charge in [-0.25, -0.2) is 18.1 Å². The number of rotatable bonds is 4. The van der Waals surface area contributed by atoms with E-state index < -0.39 is 10.0 Å². The minimum absolute atomic E-state index is 0.0452. The molecule has 0 bridgehead atoms. The number of ether oxygens (including phenoxy) is 1. The monoisotopic (exact) mass is 311 g/mol. The Balaban J connectivity index is 1.66. The lowest BCUT2D eigenvalue weighted by Gasteiger charge is -2.36. The highest BCUT2D eigenvalue weighted by molar-refractivity contribution is 7.88. The summed E-state index contributed by atoms with van der Waals surface area (Å²) in [6.45, 7) is 2.94. The summed E-state index contributed by atoms with van der Waals surface area (Å²) in [5, 5.41) is 0. The summed E-state index contributed by atoms with van der Waals surface area (Å²) in [6, 6.07) is 5.91. The first-order valence-electron chi connectivity index (χ1n) is 7.25. The maximum atomic E-state index is 11.2. The Morgan fingerprint density at radius 1 is 1.48 bits per heavy atom. The van der Waals surface area contributed by atoms with Crippen molar-refractivity contribution in [3.05, 3.63) is 24.4 Å². The Labute approximate surface area is 125 Å². The molecule has 0 aromatic carbocycles. The molecule has 0 amide bonds. The third kappa shape index (κ3) is 3.53. The van der Waals surface area contributed by atoms with Crippen LogP contribution in [0.3, 0.4) is 0 Å². The number of fused-ring (bicyclic) bond motifs is 1. The lowest BCUT2D eigenvalue weighted by atomic mass is 9.84. The fraction of sp³-hybridized carbons (Fsp3) is 0.643. The van der Waals surface area contributed by atoms with Crippen molar-refractivity contribution in [1.82, 2.24) is 9.71 Å². The predicted octanol–water partition coefficient (Wildman–Crippen LogP) is 0.472. The van der Waals surface area contributed by atoms with Crippen molar-refractivity contribution >= 4 is 15.8 Å². The summed E-state index contributed by atoms with van der Waals surface area (Å²) < 4.78 is 30.9. The van der Waals surface area contributed by atoms with Crippen LogP contribution in [0.2, 0.25) is 0 Å². The van der Waals surface area contributed by atoms with Crippen LogP contribution in [-0.4, -0.2) is 52.0 Å². The second-order valence-corrected chi connectivity index (χ2v) is 7.67. The molecule has 2 saturated heterocycles. The van der Waals surface area contributed by atoms with Gasteiger partial charge in [-0.2, -0.15) is 0 Å². The summed E-state index contributed by atoms with van der Waals surface area (Å²) in [5.74, 6) is 1.86. The fourth-order valence-corrected chi connectivity index (χ4v) is 3.69. The Hall–Kier alpha value is -1.18. The van der Waals surface area contributed by atoms with E-state index in [0.717, 1.165) is 31.9 Å². The van der Waals surface area contributed by atoms with Crippen molar-refractivity contribution < 1.29 is 13.2 Å². The highest BCUT2D eigenvalue weighted by atomic mass is 32.2. The Kier molecular flexibility index (Phi) is 4.14. The second kappa shape index (κ2) is 5.90.